The Morgan fingerprint density at radius 3 is 2.55 bits per heavy atom. The van der Waals surface area contributed by atoms with Gasteiger partial charge < -0.3 is 13.8 Å². The van der Waals surface area contributed by atoms with Gasteiger partial charge in [-0.25, -0.2) is 9.37 Å². The van der Waals surface area contributed by atoms with Crippen molar-refractivity contribution in [3.8, 4) is 22.8 Å². The van der Waals surface area contributed by atoms with Crippen LogP contribution in [0.4, 0.5) is 10.2 Å². The summed E-state index contributed by atoms with van der Waals surface area (Å²) in [6.45, 7) is 11.8. The molecule has 2 aromatic carbocycles. The number of ether oxygens (including phenoxy) is 1. The third kappa shape index (κ3) is 8.05. The van der Waals surface area contributed by atoms with E-state index in [-0.39, 0.29) is 24.9 Å². The SMILES string of the molecule is CC(C)COc1cc(F)cc(-c2ccc(C(=O)NN(C)SOc3ccccc3)c(N3CC(C)CC3(C)C)n2)c1.S. The second-order valence-electron chi connectivity index (χ2n) is 11.1. The van der Waals surface area contributed by atoms with Crippen molar-refractivity contribution in [2.45, 2.75) is 46.6 Å². The van der Waals surface area contributed by atoms with E-state index in [1.165, 1.54) is 16.5 Å². The van der Waals surface area contributed by atoms with Crippen LogP contribution < -0.4 is 19.2 Å². The molecule has 1 aliphatic heterocycles. The topological polar surface area (TPSA) is 66.9 Å². The Hall–Kier alpha value is -2.95. The van der Waals surface area contributed by atoms with Gasteiger partial charge in [-0.15, -0.1) is 4.41 Å². The lowest BCUT2D eigenvalue weighted by molar-refractivity contribution is 0.0898. The molecule has 1 unspecified atom stereocenters. The molecule has 7 nitrogen and oxygen atoms in total. The Morgan fingerprint density at radius 2 is 1.90 bits per heavy atom. The molecule has 0 radical (unpaired) electrons. The summed E-state index contributed by atoms with van der Waals surface area (Å²) in [6, 6.07) is 17.5. The van der Waals surface area contributed by atoms with Crippen LogP contribution in [0, 0.1) is 17.7 Å². The number of nitrogens with one attached hydrogen (secondary N) is 1. The molecule has 1 atom stereocenters. The number of para-hydroxylation sites is 1. The molecule has 10 heteroatoms. The second-order valence-corrected chi connectivity index (χ2v) is 12.0. The summed E-state index contributed by atoms with van der Waals surface area (Å²) in [4.78, 5) is 20.6. The van der Waals surface area contributed by atoms with Crippen molar-refractivity contribution in [2.75, 3.05) is 25.1 Å². The van der Waals surface area contributed by atoms with Crippen LogP contribution in [0.15, 0.2) is 60.7 Å². The Labute approximate surface area is 248 Å². The number of anilines is 1. The summed E-state index contributed by atoms with van der Waals surface area (Å²) in [7, 11) is 1.71. The van der Waals surface area contributed by atoms with Crippen LogP contribution in [-0.4, -0.2) is 41.0 Å². The van der Waals surface area contributed by atoms with Gasteiger partial charge in [0.05, 0.1) is 17.9 Å². The fraction of sp³-hybridized carbons (Fsp3) is 0.400. The third-order valence-electron chi connectivity index (χ3n) is 6.45. The van der Waals surface area contributed by atoms with Gasteiger partial charge in [0.2, 0.25) is 0 Å². The van der Waals surface area contributed by atoms with Gasteiger partial charge in [0.1, 0.15) is 23.1 Å². The fourth-order valence-electron chi connectivity index (χ4n) is 4.81. The Bertz CT molecular complexity index is 1290. The van der Waals surface area contributed by atoms with Crippen molar-refractivity contribution in [1.29, 1.82) is 0 Å². The predicted octanol–water partition coefficient (Wildman–Crippen LogP) is 6.88. The van der Waals surface area contributed by atoms with Crippen molar-refractivity contribution in [1.82, 2.24) is 14.8 Å². The molecule has 1 fully saturated rings. The van der Waals surface area contributed by atoms with E-state index in [0.717, 1.165) is 25.2 Å². The first-order chi connectivity index (χ1) is 18.5. The summed E-state index contributed by atoms with van der Waals surface area (Å²) in [5, 5.41) is 0. The number of pyridine rings is 1. The molecular formula is C30H39FN4O3S2. The summed E-state index contributed by atoms with van der Waals surface area (Å²) < 4.78 is 27.5. The molecule has 40 heavy (non-hydrogen) atoms. The van der Waals surface area contributed by atoms with Crippen molar-refractivity contribution in [2.24, 2.45) is 11.8 Å². The predicted molar refractivity (Wildman–Crippen MR) is 165 cm³/mol. The van der Waals surface area contributed by atoms with Gasteiger partial charge in [-0.2, -0.15) is 13.5 Å². The summed E-state index contributed by atoms with van der Waals surface area (Å²) in [5.41, 5.74) is 4.25. The maximum Gasteiger partial charge on any atom is 0.270 e. The molecule has 0 saturated carbocycles. The Kier molecular flexibility index (Phi) is 10.7. The number of hydrazine groups is 1. The monoisotopic (exact) mass is 586 g/mol. The lowest BCUT2D eigenvalue weighted by Crippen LogP contribution is -2.41. The lowest BCUT2D eigenvalue weighted by atomic mass is 9.97. The molecular weight excluding hydrogens is 547 g/mol. The van der Waals surface area contributed by atoms with Crippen LogP contribution in [0.3, 0.4) is 0 Å². The molecule has 1 saturated heterocycles. The number of nitrogens with zero attached hydrogens (tertiary/aromatic N) is 3. The number of halogens is 1. The van der Waals surface area contributed by atoms with Gasteiger partial charge in [0.15, 0.2) is 12.2 Å². The largest absolute Gasteiger partial charge is 0.493 e. The van der Waals surface area contributed by atoms with Crippen molar-refractivity contribution in [3.63, 3.8) is 0 Å². The molecule has 216 valence electrons. The minimum Gasteiger partial charge on any atom is -0.493 e. The van der Waals surface area contributed by atoms with Crippen molar-refractivity contribution < 1.29 is 18.1 Å². The van der Waals surface area contributed by atoms with E-state index in [0.29, 0.717) is 52.6 Å². The van der Waals surface area contributed by atoms with Gasteiger partial charge in [-0.1, -0.05) is 39.0 Å². The lowest BCUT2D eigenvalue weighted by Gasteiger charge is -2.34. The highest BCUT2D eigenvalue weighted by molar-refractivity contribution is 7.92. The number of benzene rings is 2. The van der Waals surface area contributed by atoms with Gasteiger partial charge in [0.25, 0.3) is 5.91 Å². The van der Waals surface area contributed by atoms with Crippen LogP contribution in [0.5, 0.6) is 11.5 Å². The van der Waals surface area contributed by atoms with E-state index in [1.807, 2.05) is 44.2 Å². The third-order valence-corrected chi connectivity index (χ3v) is 7.03. The number of hydrogen-bond acceptors (Lipinski definition) is 7. The maximum absolute atomic E-state index is 14.6. The summed E-state index contributed by atoms with van der Waals surface area (Å²) in [5.74, 6) is 1.73. The molecule has 0 spiro atoms. The first kappa shape index (κ1) is 31.6. The molecule has 1 N–H and O–H groups in total. The molecule has 3 aromatic rings. The Balaban J connectivity index is 0.00000441. The normalized spacial score (nSPS) is 16.1. The zero-order valence-electron chi connectivity index (χ0n) is 23.9. The van der Waals surface area contributed by atoms with Crippen LogP contribution in [0.25, 0.3) is 11.3 Å². The number of rotatable bonds is 10. The highest BCUT2D eigenvalue weighted by Crippen LogP contribution is 2.38. The van der Waals surface area contributed by atoms with Crippen molar-refractivity contribution >= 4 is 37.4 Å². The van der Waals surface area contributed by atoms with Gasteiger partial charge in [0, 0.05) is 30.8 Å². The molecule has 4 rings (SSSR count). The van der Waals surface area contributed by atoms with Gasteiger partial charge >= 0.3 is 0 Å². The number of carbonyl (C=O) groups is 1. The average molecular weight is 587 g/mol. The number of amides is 1. The van der Waals surface area contributed by atoms with E-state index in [4.69, 9.17) is 13.9 Å². The zero-order valence-corrected chi connectivity index (χ0v) is 25.7. The van der Waals surface area contributed by atoms with Crippen LogP contribution >= 0.6 is 25.7 Å². The number of hydrogen-bond donors (Lipinski definition) is 1. The van der Waals surface area contributed by atoms with Crippen LogP contribution in [-0.2, 0) is 0 Å². The van der Waals surface area contributed by atoms with Crippen molar-refractivity contribution in [3.05, 3.63) is 72.0 Å². The maximum atomic E-state index is 14.6. The van der Waals surface area contributed by atoms with E-state index >= 15 is 0 Å². The highest BCUT2D eigenvalue weighted by atomic mass is 32.2. The average Bonchev–Trinajstić information content (AvgIpc) is 3.17. The van der Waals surface area contributed by atoms with E-state index in [1.54, 1.807) is 25.2 Å². The number of aromatic nitrogens is 1. The molecule has 1 amide bonds. The minimum absolute atomic E-state index is 0. The molecule has 0 aliphatic carbocycles. The van der Waals surface area contributed by atoms with Gasteiger partial charge in [-0.05, 0) is 68.5 Å². The fourth-order valence-corrected chi connectivity index (χ4v) is 5.23. The minimum atomic E-state index is -0.399. The summed E-state index contributed by atoms with van der Waals surface area (Å²) >= 11 is 1.01. The first-order valence-corrected chi connectivity index (χ1v) is 13.9. The first-order valence-electron chi connectivity index (χ1n) is 13.2. The quantitative estimate of drug-likeness (QED) is 0.158. The Morgan fingerprint density at radius 1 is 1.18 bits per heavy atom. The zero-order chi connectivity index (χ0) is 28.2. The van der Waals surface area contributed by atoms with Crippen LogP contribution in [0.1, 0.15) is 51.4 Å². The smallest absolute Gasteiger partial charge is 0.270 e. The molecule has 1 aromatic heterocycles. The van der Waals surface area contributed by atoms with Crippen LogP contribution in [0.2, 0.25) is 0 Å². The second kappa shape index (κ2) is 13.6. The molecule has 0 bridgehead atoms. The standard InChI is InChI=1S/C30H37FN4O3S.H2S/c1-20(2)19-37-25-15-22(14-23(31)16-25)27-13-12-26(28(32-27)35-18-21(3)17-30(35,4)5)29(36)33-34(6)39-38-24-10-8-7-9-11-24;/h7-16,20-21H,17-19H2,1-6H3,(H,33,36);1H2. The van der Waals surface area contributed by atoms with E-state index in [9.17, 15) is 9.18 Å². The van der Waals surface area contributed by atoms with E-state index < -0.39 is 5.82 Å². The van der Waals surface area contributed by atoms with E-state index in [2.05, 4.69) is 31.1 Å². The molecule has 2 heterocycles. The summed E-state index contributed by atoms with van der Waals surface area (Å²) in [6.07, 6.45) is 0.966. The highest BCUT2D eigenvalue weighted by Gasteiger charge is 2.39. The molecule has 1 aliphatic rings. The van der Waals surface area contributed by atoms with Gasteiger partial charge in [-0.3, -0.25) is 10.2 Å². The number of carbonyl (C=O) groups excluding carboxylic acids is 1.